The third kappa shape index (κ3) is 8.13. The van der Waals surface area contributed by atoms with Crippen molar-refractivity contribution in [3.05, 3.63) is 58.7 Å². The number of aldehydes is 1. The second-order valence-electron chi connectivity index (χ2n) is 12.0. The summed E-state index contributed by atoms with van der Waals surface area (Å²) in [6, 6.07) is 0. The van der Waals surface area contributed by atoms with Gasteiger partial charge in [-0.2, -0.15) is 0 Å². The van der Waals surface area contributed by atoms with Crippen molar-refractivity contribution in [2.24, 2.45) is 17.3 Å². The van der Waals surface area contributed by atoms with Crippen molar-refractivity contribution in [2.75, 3.05) is 33.4 Å². The zero-order valence-electron chi connectivity index (χ0n) is 25.7. The first-order chi connectivity index (χ1) is 19.1. The number of aliphatic hydroxyl groups is 3. The van der Waals surface area contributed by atoms with E-state index in [1.807, 2.05) is 33.0 Å². The lowest BCUT2D eigenvalue weighted by Crippen LogP contribution is -2.61. The number of nitrogens with one attached hydrogen (secondary N) is 1. The molecule has 40 heavy (non-hydrogen) atoms. The summed E-state index contributed by atoms with van der Waals surface area (Å²) in [6.45, 7) is 13.8. The maximum Gasteiger partial charge on any atom is 0.145 e. The van der Waals surface area contributed by atoms with E-state index in [-0.39, 0.29) is 18.4 Å². The van der Waals surface area contributed by atoms with E-state index in [4.69, 9.17) is 4.74 Å². The summed E-state index contributed by atoms with van der Waals surface area (Å²) in [5.74, 6) is -0.358. The Kier molecular flexibility index (Phi) is 14.2. The van der Waals surface area contributed by atoms with Gasteiger partial charge in [0.25, 0.3) is 0 Å². The Balaban J connectivity index is 2.51. The van der Waals surface area contributed by atoms with Gasteiger partial charge in [-0.3, -0.25) is 4.79 Å². The number of carbonyl (C=O) groups is 1. The van der Waals surface area contributed by atoms with Gasteiger partial charge in [-0.1, -0.05) is 47.6 Å². The monoisotopic (exact) mass is 557 g/mol. The van der Waals surface area contributed by atoms with Gasteiger partial charge in [0.1, 0.15) is 6.29 Å². The lowest BCUT2D eigenvalue weighted by Gasteiger charge is -2.57. The van der Waals surface area contributed by atoms with Gasteiger partial charge in [-0.15, -0.1) is 0 Å². The maximum atomic E-state index is 12.4. The Bertz CT molecular complexity index is 959. The smallest absolute Gasteiger partial charge is 0.145 e. The highest BCUT2D eigenvalue weighted by molar-refractivity contribution is 5.74. The molecule has 5 atom stereocenters. The van der Waals surface area contributed by atoms with Gasteiger partial charge in [0, 0.05) is 24.5 Å². The Morgan fingerprint density at radius 2 is 2.00 bits per heavy atom. The number of aliphatic hydroxyl groups excluding tert-OH is 2. The van der Waals surface area contributed by atoms with Crippen LogP contribution in [0.4, 0.5) is 0 Å². The predicted octanol–water partition coefficient (Wildman–Crippen LogP) is 5.60. The molecule has 0 radical (unpaired) electrons. The molecule has 2 aliphatic carbocycles. The third-order valence-electron chi connectivity index (χ3n) is 9.23. The van der Waals surface area contributed by atoms with Gasteiger partial charge in [-0.25, -0.2) is 0 Å². The number of allylic oxidation sites excluding steroid dienone is 8. The van der Waals surface area contributed by atoms with E-state index in [9.17, 15) is 20.1 Å². The maximum absolute atomic E-state index is 12.4. The minimum Gasteiger partial charge on any atom is -0.396 e. The van der Waals surface area contributed by atoms with Gasteiger partial charge in [0.2, 0.25) is 0 Å². The third-order valence-corrected chi connectivity index (χ3v) is 9.23. The summed E-state index contributed by atoms with van der Waals surface area (Å²) >= 11 is 0. The van der Waals surface area contributed by atoms with Crippen molar-refractivity contribution in [1.29, 1.82) is 0 Å². The van der Waals surface area contributed by atoms with Crippen LogP contribution in [0.15, 0.2) is 58.7 Å². The summed E-state index contributed by atoms with van der Waals surface area (Å²) in [5, 5.41) is 37.6. The molecule has 5 unspecified atom stereocenters. The molecule has 2 saturated carbocycles. The first-order valence-corrected chi connectivity index (χ1v) is 15.2. The highest BCUT2D eigenvalue weighted by Crippen LogP contribution is 2.63. The molecule has 2 rings (SSSR count). The standard InChI is InChI=1S/C34H55NO5/c1-7-40-24-28(14-9-13-26(4)12-8-11-25(2)3)30-17-19-34(32(30)38)31(15-10-22-36)29(27(5)23-37)16-18-33(34,39)20-21-35-6/h9,11,13-14,23,30-32,35-36,38-39H,4,7-8,10,12,15-22,24H2,1-3,5-6H3. The fourth-order valence-corrected chi connectivity index (χ4v) is 7.12. The highest BCUT2D eigenvalue weighted by Gasteiger charge is 2.65. The van der Waals surface area contributed by atoms with Crippen molar-refractivity contribution in [3.63, 3.8) is 0 Å². The molecule has 4 N–H and O–H groups in total. The van der Waals surface area contributed by atoms with Crippen molar-refractivity contribution >= 4 is 6.29 Å². The van der Waals surface area contributed by atoms with Gasteiger partial charge in [0.15, 0.2) is 0 Å². The van der Waals surface area contributed by atoms with Crippen molar-refractivity contribution < 1.29 is 24.9 Å². The van der Waals surface area contributed by atoms with E-state index in [1.54, 1.807) is 0 Å². The minimum absolute atomic E-state index is 0.0340. The first-order valence-electron chi connectivity index (χ1n) is 15.2. The Morgan fingerprint density at radius 1 is 1.25 bits per heavy atom. The van der Waals surface area contributed by atoms with Crippen LogP contribution in [0.1, 0.15) is 85.5 Å². The van der Waals surface area contributed by atoms with Crippen molar-refractivity contribution in [3.8, 4) is 0 Å². The highest BCUT2D eigenvalue weighted by atomic mass is 16.5. The molecule has 0 saturated heterocycles. The van der Waals surface area contributed by atoms with E-state index in [0.717, 1.165) is 42.3 Å². The SMILES string of the molecule is C=C(C=CC=C(COCC)C1CCC2(C(CCCO)C(=C(C)C=O)CCC2(O)CCNC)C1O)CCC=C(C)C. The molecule has 0 bridgehead atoms. The normalized spacial score (nSPS) is 30.2. The Labute approximate surface area is 243 Å². The molecule has 0 amide bonds. The zero-order valence-corrected chi connectivity index (χ0v) is 25.7. The van der Waals surface area contributed by atoms with Gasteiger partial charge < -0.3 is 25.4 Å². The zero-order chi connectivity index (χ0) is 29.8. The van der Waals surface area contributed by atoms with Gasteiger partial charge in [-0.05, 0) is 116 Å². The van der Waals surface area contributed by atoms with Crippen LogP contribution in [0.3, 0.4) is 0 Å². The molecule has 1 spiro atoms. The molecule has 0 aromatic heterocycles. The Hall–Kier alpha value is -1.83. The Morgan fingerprint density at radius 3 is 2.62 bits per heavy atom. The fraction of sp³-hybridized carbons (Fsp3) is 0.676. The van der Waals surface area contributed by atoms with Crippen molar-refractivity contribution in [1.82, 2.24) is 5.32 Å². The summed E-state index contributed by atoms with van der Waals surface area (Å²) in [4.78, 5) is 11.9. The number of rotatable bonds is 16. The van der Waals surface area contributed by atoms with Gasteiger partial charge >= 0.3 is 0 Å². The number of hydrogen-bond acceptors (Lipinski definition) is 6. The molecule has 226 valence electrons. The van der Waals surface area contributed by atoms with Gasteiger partial charge in [0.05, 0.1) is 18.3 Å². The van der Waals surface area contributed by atoms with Crippen LogP contribution in [-0.2, 0) is 9.53 Å². The fourth-order valence-electron chi connectivity index (χ4n) is 7.12. The molecule has 6 heteroatoms. The number of hydrogen-bond donors (Lipinski definition) is 4. The first kappa shape index (κ1) is 34.4. The number of carbonyl (C=O) groups excluding carboxylic acids is 1. The summed E-state index contributed by atoms with van der Waals surface area (Å²) < 4.78 is 5.86. The van der Waals surface area contributed by atoms with Crippen LogP contribution in [0.5, 0.6) is 0 Å². The number of ether oxygens (including phenoxy) is 1. The average Bonchev–Trinajstić information content (AvgIpc) is 3.27. The summed E-state index contributed by atoms with van der Waals surface area (Å²) in [6.07, 6.45) is 14.5. The second-order valence-corrected chi connectivity index (χ2v) is 12.0. The van der Waals surface area contributed by atoms with Crippen LogP contribution >= 0.6 is 0 Å². The molecule has 0 aromatic rings. The van der Waals surface area contributed by atoms with E-state index in [0.29, 0.717) is 63.9 Å². The van der Waals surface area contributed by atoms with Crippen LogP contribution in [0.2, 0.25) is 0 Å². The average molecular weight is 558 g/mol. The molecule has 2 aliphatic rings. The van der Waals surface area contributed by atoms with Crippen molar-refractivity contribution in [2.45, 2.75) is 97.2 Å². The van der Waals surface area contributed by atoms with Crippen LogP contribution < -0.4 is 5.32 Å². The second kappa shape index (κ2) is 16.6. The van der Waals surface area contributed by atoms with Crippen LogP contribution in [0, 0.1) is 17.3 Å². The lowest BCUT2D eigenvalue weighted by atomic mass is 9.51. The topological polar surface area (TPSA) is 99.0 Å². The molecule has 0 aliphatic heterocycles. The molecule has 0 aromatic carbocycles. The predicted molar refractivity (Wildman–Crippen MR) is 164 cm³/mol. The minimum atomic E-state index is -1.09. The van der Waals surface area contributed by atoms with Crippen LogP contribution in [-0.4, -0.2) is 66.7 Å². The summed E-state index contributed by atoms with van der Waals surface area (Å²) in [5.41, 5.74) is 3.17. The van der Waals surface area contributed by atoms with E-state index in [2.05, 4.69) is 37.9 Å². The van der Waals surface area contributed by atoms with E-state index in [1.165, 1.54) is 5.57 Å². The largest absolute Gasteiger partial charge is 0.396 e. The molecule has 2 fully saturated rings. The molecule has 6 nitrogen and oxygen atoms in total. The van der Waals surface area contributed by atoms with Crippen LogP contribution in [0.25, 0.3) is 0 Å². The lowest BCUT2D eigenvalue weighted by molar-refractivity contribution is -0.180. The molecule has 0 heterocycles. The summed E-state index contributed by atoms with van der Waals surface area (Å²) in [7, 11) is 1.88. The molecular weight excluding hydrogens is 502 g/mol. The quantitative estimate of drug-likeness (QED) is 0.0853. The molecular formula is C34H55NO5. The van der Waals surface area contributed by atoms with E-state index < -0.39 is 17.1 Å². The van der Waals surface area contributed by atoms with E-state index >= 15 is 0 Å².